The minimum absolute atomic E-state index is 0.331. The average Bonchev–Trinajstić information content (AvgIpc) is 3.10. The van der Waals surface area contributed by atoms with Crippen molar-refractivity contribution in [3.63, 3.8) is 0 Å². The van der Waals surface area contributed by atoms with Gasteiger partial charge in [0.05, 0.1) is 11.9 Å². The first-order chi connectivity index (χ1) is 11.8. The van der Waals surface area contributed by atoms with E-state index in [-0.39, 0.29) is 0 Å². The summed E-state index contributed by atoms with van der Waals surface area (Å²) in [5, 5.41) is 14.2. The van der Waals surface area contributed by atoms with Gasteiger partial charge in [0.15, 0.2) is 0 Å². The molecule has 118 valence electrons. The van der Waals surface area contributed by atoms with Crippen LogP contribution in [-0.2, 0) is 13.0 Å². The predicted molar refractivity (Wildman–Crippen MR) is 93.3 cm³/mol. The van der Waals surface area contributed by atoms with Crippen LogP contribution in [0.25, 0.3) is 0 Å². The van der Waals surface area contributed by atoms with Crippen molar-refractivity contribution >= 4 is 28.7 Å². The van der Waals surface area contributed by atoms with Gasteiger partial charge in [-0.1, -0.05) is 0 Å². The second kappa shape index (κ2) is 6.26. The molecule has 6 nitrogen and oxygen atoms in total. The maximum absolute atomic E-state index is 8.88. The fraction of sp³-hybridized carbons (Fsp3) is 0.176. The number of nitrogens with zero attached hydrogens (tertiary/aromatic N) is 5. The molecule has 0 bridgehead atoms. The van der Waals surface area contributed by atoms with E-state index in [4.69, 9.17) is 5.26 Å². The van der Waals surface area contributed by atoms with E-state index in [1.807, 2.05) is 29.5 Å². The van der Waals surface area contributed by atoms with Gasteiger partial charge in [-0.3, -0.25) is 0 Å². The standard InChI is InChI=1S/C17H14N6S/c18-8-14-7-16(21-11-20-14)22-13-1-2-17(19-9-13)23-5-3-15-12(10-23)4-6-24-15/h1-2,4,6-7,9,11H,3,5,10H2,(H,20,21,22). The number of fused-ring (bicyclic) bond motifs is 1. The second-order valence-electron chi connectivity index (χ2n) is 5.47. The van der Waals surface area contributed by atoms with Crippen molar-refractivity contribution in [2.75, 3.05) is 16.8 Å². The highest BCUT2D eigenvalue weighted by Crippen LogP contribution is 2.27. The summed E-state index contributed by atoms with van der Waals surface area (Å²) in [6.45, 7) is 1.90. The molecule has 3 aromatic heterocycles. The zero-order valence-corrected chi connectivity index (χ0v) is 13.6. The highest BCUT2D eigenvalue weighted by molar-refractivity contribution is 7.10. The number of aromatic nitrogens is 3. The minimum atomic E-state index is 0.331. The van der Waals surface area contributed by atoms with Gasteiger partial charge in [-0.2, -0.15) is 5.26 Å². The lowest BCUT2D eigenvalue weighted by molar-refractivity contribution is 0.732. The molecule has 0 spiro atoms. The Hall–Kier alpha value is -2.98. The Labute approximate surface area is 143 Å². The van der Waals surface area contributed by atoms with Gasteiger partial charge < -0.3 is 10.2 Å². The van der Waals surface area contributed by atoms with Gasteiger partial charge in [0.1, 0.15) is 29.7 Å². The van der Waals surface area contributed by atoms with Crippen LogP contribution in [0.1, 0.15) is 16.1 Å². The van der Waals surface area contributed by atoms with Gasteiger partial charge in [-0.25, -0.2) is 15.0 Å². The molecule has 7 heteroatoms. The number of hydrogen-bond acceptors (Lipinski definition) is 7. The van der Waals surface area contributed by atoms with E-state index < -0.39 is 0 Å². The van der Waals surface area contributed by atoms with E-state index in [2.05, 4.69) is 36.6 Å². The number of hydrogen-bond donors (Lipinski definition) is 1. The van der Waals surface area contributed by atoms with Crippen molar-refractivity contribution in [2.24, 2.45) is 0 Å². The van der Waals surface area contributed by atoms with Crippen LogP contribution in [0.5, 0.6) is 0 Å². The third-order valence-corrected chi connectivity index (χ3v) is 4.96. The summed E-state index contributed by atoms with van der Waals surface area (Å²) >= 11 is 1.84. The van der Waals surface area contributed by atoms with Gasteiger partial charge in [0.2, 0.25) is 0 Å². The molecule has 1 aliphatic heterocycles. The molecule has 0 radical (unpaired) electrons. The molecule has 1 N–H and O–H groups in total. The number of nitriles is 1. The van der Waals surface area contributed by atoms with Crippen LogP contribution in [0, 0.1) is 11.3 Å². The molecule has 0 aliphatic carbocycles. The average molecular weight is 334 g/mol. The fourth-order valence-corrected chi connectivity index (χ4v) is 3.62. The van der Waals surface area contributed by atoms with Crippen molar-refractivity contribution in [3.05, 3.63) is 58.3 Å². The van der Waals surface area contributed by atoms with Gasteiger partial charge in [-0.05, 0) is 35.6 Å². The molecule has 3 aromatic rings. The Kier molecular flexibility index (Phi) is 3.81. The molecule has 0 atom stereocenters. The molecule has 24 heavy (non-hydrogen) atoms. The number of anilines is 3. The fourth-order valence-electron chi connectivity index (χ4n) is 2.73. The third-order valence-electron chi connectivity index (χ3n) is 3.93. The van der Waals surface area contributed by atoms with Gasteiger partial charge >= 0.3 is 0 Å². The summed E-state index contributed by atoms with van der Waals surface area (Å²) in [6, 6.07) is 9.78. The molecule has 4 rings (SSSR count). The van der Waals surface area contributed by atoms with E-state index >= 15 is 0 Å². The monoisotopic (exact) mass is 334 g/mol. The number of nitrogens with one attached hydrogen (secondary N) is 1. The van der Waals surface area contributed by atoms with Crippen LogP contribution in [-0.4, -0.2) is 21.5 Å². The minimum Gasteiger partial charge on any atom is -0.352 e. The lowest BCUT2D eigenvalue weighted by Gasteiger charge is -2.28. The van der Waals surface area contributed by atoms with Crippen molar-refractivity contribution < 1.29 is 0 Å². The Morgan fingerprint density at radius 3 is 3.00 bits per heavy atom. The highest BCUT2D eigenvalue weighted by atomic mass is 32.1. The Balaban J connectivity index is 1.48. The summed E-state index contributed by atoms with van der Waals surface area (Å²) in [4.78, 5) is 16.3. The van der Waals surface area contributed by atoms with Gasteiger partial charge in [0.25, 0.3) is 0 Å². The smallest absolute Gasteiger partial charge is 0.145 e. The summed E-state index contributed by atoms with van der Waals surface area (Å²) in [7, 11) is 0. The third kappa shape index (κ3) is 2.92. The second-order valence-corrected chi connectivity index (χ2v) is 6.47. The number of pyridine rings is 1. The lowest BCUT2D eigenvalue weighted by Crippen LogP contribution is -2.29. The molecule has 1 aliphatic rings. The molecule has 0 unspecified atom stereocenters. The molecular formula is C17H14N6S. The Morgan fingerprint density at radius 2 is 2.17 bits per heavy atom. The quantitative estimate of drug-likeness (QED) is 0.793. The Morgan fingerprint density at radius 1 is 1.21 bits per heavy atom. The first-order valence-corrected chi connectivity index (χ1v) is 8.45. The van der Waals surface area contributed by atoms with E-state index in [1.165, 1.54) is 16.8 Å². The van der Waals surface area contributed by atoms with Crippen LogP contribution in [0.3, 0.4) is 0 Å². The predicted octanol–water partition coefficient (Wildman–Crippen LogP) is 3.11. The van der Waals surface area contributed by atoms with Crippen LogP contribution in [0.15, 0.2) is 42.2 Å². The normalized spacial score (nSPS) is 13.2. The summed E-state index contributed by atoms with van der Waals surface area (Å²) in [5.41, 5.74) is 2.56. The van der Waals surface area contributed by atoms with Crippen LogP contribution in [0.2, 0.25) is 0 Å². The molecule has 4 heterocycles. The van der Waals surface area contributed by atoms with E-state index in [1.54, 1.807) is 12.3 Å². The van der Waals surface area contributed by atoms with Gasteiger partial charge in [-0.15, -0.1) is 11.3 Å². The van der Waals surface area contributed by atoms with Gasteiger partial charge in [0, 0.05) is 24.0 Å². The Bertz CT molecular complexity index is 896. The zero-order chi connectivity index (χ0) is 16.4. The van der Waals surface area contributed by atoms with Crippen molar-refractivity contribution in [1.82, 2.24) is 15.0 Å². The molecule has 0 amide bonds. The van der Waals surface area contributed by atoms with Crippen LogP contribution < -0.4 is 10.2 Å². The largest absolute Gasteiger partial charge is 0.352 e. The maximum atomic E-state index is 8.88. The van der Waals surface area contributed by atoms with Crippen LogP contribution in [0.4, 0.5) is 17.3 Å². The van der Waals surface area contributed by atoms with Crippen LogP contribution >= 0.6 is 11.3 Å². The molecule has 0 saturated heterocycles. The molecule has 0 saturated carbocycles. The maximum Gasteiger partial charge on any atom is 0.145 e. The van der Waals surface area contributed by atoms with E-state index in [0.29, 0.717) is 11.5 Å². The first-order valence-electron chi connectivity index (χ1n) is 7.57. The topological polar surface area (TPSA) is 77.7 Å². The number of rotatable bonds is 3. The summed E-state index contributed by atoms with van der Waals surface area (Å²) in [5.74, 6) is 1.55. The zero-order valence-electron chi connectivity index (χ0n) is 12.8. The first kappa shape index (κ1) is 14.6. The summed E-state index contributed by atoms with van der Waals surface area (Å²) < 4.78 is 0. The lowest BCUT2D eigenvalue weighted by atomic mass is 10.1. The molecule has 0 aromatic carbocycles. The van der Waals surface area contributed by atoms with E-state index in [9.17, 15) is 0 Å². The summed E-state index contributed by atoms with van der Waals surface area (Å²) in [6.07, 6.45) is 4.23. The van der Waals surface area contributed by atoms with Crippen molar-refractivity contribution in [3.8, 4) is 6.07 Å². The van der Waals surface area contributed by atoms with E-state index in [0.717, 1.165) is 31.0 Å². The van der Waals surface area contributed by atoms with Crippen molar-refractivity contribution in [1.29, 1.82) is 5.26 Å². The highest BCUT2D eigenvalue weighted by Gasteiger charge is 2.18. The SMILES string of the molecule is N#Cc1cc(Nc2ccc(N3CCc4sccc4C3)nc2)ncn1. The molecular weight excluding hydrogens is 320 g/mol. The number of thiophene rings is 1. The van der Waals surface area contributed by atoms with Crippen molar-refractivity contribution in [2.45, 2.75) is 13.0 Å². The molecule has 0 fully saturated rings.